The van der Waals surface area contributed by atoms with Crippen molar-refractivity contribution in [3.8, 4) is 0 Å². The van der Waals surface area contributed by atoms with E-state index in [1.54, 1.807) is 48.5 Å². The molecule has 0 atom stereocenters. The van der Waals surface area contributed by atoms with Gasteiger partial charge < -0.3 is 0 Å². The zero-order chi connectivity index (χ0) is 47.3. The summed E-state index contributed by atoms with van der Waals surface area (Å²) in [6.07, 6.45) is -7.81. The van der Waals surface area contributed by atoms with Crippen LogP contribution in [0.1, 0.15) is 22.3 Å². The van der Waals surface area contributed by atoms with E-state index in [0.717, 1.165) is 6.55 Å². The summed E-state index contributed by atoms with van der Waals surface area (Å²) >= 11 is -5.93. The van der Waals surface area contributed by atoms with Gasteiger partial charge in [-0.25, -0.2) is 0 Å². The molecule has 0 unspecified atom stereocenters. The van der Waals surface area contributed by atoms with E-state index in [1.165, 1.54) is 48.5 Å². The van der Waals surface area contributed by atoms with Crippen LogP contribution in [-0.4, -0.2) is 94.6 Å². The van der Waals surface area contributed by atoms with Crippen molar-refractivity contribution in [1.29, 1.82) is 0 Å². The summed E-state index contributed by atoms with van der Waals surface area (Å²) in [4.78, 5) is 41.7. The van der Waals surface area contributed by atoms with E-state index in [9.17, 15) is 44.3 Å². The van der Waals surface area contributed by atoms with E-state index in [1.807, 2.05) is 0 Å². The van der Waals surface area contributed by atoms with Crippen molar-refractivity contribution in [2.75, 3.05) is 0 Å². The Morgan fingerprint density at radius 3 is 1.14 bits per heavy atom. The minimum atomic E-state index is -8.65. The van der Waals surface area contributed by atoms with E-state index in [2.05, 4.69) is 30.0 Å². The zero-order valence-electron chi connectivity index (χ0n) is 31.9. The molecule has 0 saturated heterocycles. The fourth-order valence-electron chi connectivity index (χ4n) is 7.76. The Hall–Kier alpha value is -6.70. The fraction of sp³-hybridized carbons (Fsp3) is 0.175. The van der Waals surface area contributed by atoms with Gasteiger partial charge in [-0.1, -0.05) is 0 Å². The van der Waals surface area contributed by atoms with Crippen LogP contribution >= 0.6 is 0 Å². The standard InChI is InChI=1S/C32H16N8.C8HF15O2.Ga/c1-2-10-18-17(9-1)25-33-26(18)38-28-21-13-5-6-14-22(21)30(35-28)40-32-24-16-8-7-15-23(24)31(36-32)39-29-20-12-4-3-11-19(20)27(34-29)37-25;9-2(10,1(24)25)3(11,12)4(13,14)5(15,16)6(17,18)7(19,20)8(21,22)23;/h1-16H;(H,24,25);/q-2;;+3/p-1. The van der Waals surface area contributed by atoms with Gasteiger partial charge in [-0.3, -0.25) is 0 Å². The molecule has 336 valence electrons. The molecule has 0 N–H and O–H groups in total. The Bertz CT molecular complexity index is 3240. The number of amidine groups is 4. The van der Waals surface area contributed by atoms with E-state index in [0.29, 0.717) is 22.3 Å². The molecular weight excluding hydrogens is 979 g/mol. The summed E-state index contributed by atoms with van der Waals surface area (Å²) < 4.78 is 224. The van der Waals surface area contributed by atoms with E-state index < -0.39 is 64.7 Å². The number of hydrogen-bond donors (Lipinski definition) is 0. The number of fused-ring (bicyclic) bond motifs is 14. The Kier molecular flexibility index (Phi) is 8.95. The number of carbonyl (C=O) groups is 1. The predicted octanol–water partition coefficient (Wildman–Crippen LogP) is 8.84. The number of aromatic nitrogens is 2. The molecule has 2 aromatic heterocycles. The van der Waals surface area contributed by atoms with Crippen molar-refractivity contribution in [2.24, 2.45) is 30.0 Å². The predicted molar refractivity (Wildman–Crippen MR) is 203 cm³/mol. The summed E-state index contributed by atoms with van der Waals surface area (Å²) in [5, 5.41) is 0.268. The molecule has 0 radical (unpaired) electrons. The molecule has 10 rings (SSSR count). The Morgan fingerprint density at radius 2 is 0.742 bits per heavy atom. The number of benzene rings is 4. The first-order chi connectivity index (χ1) is 30.8. The molecule has 0 aliphatic carbocycles. The van der Waals surface area contributed by atoms with Gasteiger partial charge in [0.25, 0.3) is 0 Å². The molecule has 26 heteroatoms. The van der Waals surface area contributed by atoms with Crippen LogP contribution in [0.15, 0.2) is 127 Å². The third-order valence-electron chi connectivity index (χ3n) is 11.1. The van der Waals surface area contributed by atoms with Gasteiger partial charge in [0.2, 0.25) is 0 Å². The van der Waals surface area contributed by atoms with Gasteiger partial charge in [-0.05, 0) is 0 Å². The summed E-state index contributed by atoms with van der Waals surface area (Å²) in [6, 6.07) is 24.1. The van der Waals surface area contributed by atoms with Gasteiger partial charge in [-0.15, -0.1) is 0 Å². The molecule has 6 aromatic rings. The Morgan fingerprint density at radius 1 is 0.409 bits per heavy atom. The summed E-state index contributed by atoms with van der Waals surface area (Å²) in [5.74, 6) is -54.7. The van der Waals surface area contributed by atoms with Crippen LogP contribution in [0, 0.1) is 0 Å². The van der Waals surface area contributed by atoms with E-state index in [-0.39, 0.29) is 67.5 Å². The minimum absolute atomic E-state index is 0.0669. The summed E-state index contributed by atoms with van der Waals surface area (Å²) in [5.41, 5.74) is 0.544. The molecule has 4 aromatic carbocycles. The van der Waals surface area contributed by atoms with E-state index in [4.69, 9.17) is 3.53 Å². The average Bonchev–Trinajstić information content (AvgIpc) is 3.98. The molecule has 0 saturated carbocycles. The maximum absolute atomic E-state index is 16.0. The maximum atomic E-state index is 16.0. The first-order valence-electron chi connectivity index (χ1n) is 18.6. The van der Waals surface area contributed by atoms with Crippen molar-refractivity contribution in [2.45, 2.75) is 41.7 Å². The second-order valence-electron chi connectivity index (χ2n) is 14.9. The molecule has 0 amide bonds. The number of carbonyl (C=O) groups excluding carboxylic acids is 1. The Balaban J connectivity index is 1.28. The number of alkyl halides is 15. The average molecular weight is 995 g/mol. The molecule has 0 fully saturated rings. The van der Waals surface area contributed by atoms with Crippen LogP contribution in [0.25, 0.3) is 21.5 Å². The van der Waals surface area contributed by atoms with Crippen LogP contribution in [0.4, 0.5) is 77.5 Å². The number of hydrogen-bond acceptors (Lipinski definition) is 8. The van der Waals surface area contributed by atoms with Gasteiger partial charge >= 0.3 is 362 Å². The van der Waals surface area contributed by atoms with Crippen molar-refractivity contribution in [1.82, 2.24) is 6.55 Å². The first-order valence-corrected chi connectivity index (χ1v) is 21.8. The van der Waals surface area contributed by atoms with Gasteiger partial charge in [0.15, 0.2) is 0 Å². The zero-order valence-corrected chi connectivity index (χ0v) is 34.3. The summed E-state index contributed by atoms with van der Waals surface area (Å²) in [7, 11) is 0. The number of aliphatic imine (C=N–C) groups is 4. The first kappa shape index (κ1) is 43.2. The van der Waals surface area contributed by atoms with Gasteiger partial charge in [0.1, 0.15) is 0 Å². The van der Waals surface area contributed by atoms with Gasteiger partial charge in [-0.2, -0.15) is 0 Å². The molecule has 66 heavy (non-hydrogen) atoms. The summed E-state index contributed by atoms with van der Waals surface area (Å²) in [6.45, 7) is 0. The van der Waals surface area contributed by atoms with E-state index >= 15 is 26.3 Å². The monoisotopic (exact) mass is 994 g/mol. The van der Waals surface area contributed by atoms with Gasteiger partial charge in [0, 0.05) is 0 Å². The molecular formula is C40H16F15GaN8O2. The fourth-order valence-corrected chi connectivity index (χ4v) is 12.8. The third kappa shape index (κ3) is 5.52. The second kappa shape index (κ2) is 13.7. The van der Waals surface area contributed by atoms with Crippen molar-refractivity contribution in [3.05, 3.63) is 130 Å². The molecule has 4 aliphatic rings. The second-order valence-corrected chi connectivity index (χ2v) is 18.9. The molecule has 6 bridgehead atoms. The van der Waals surface area contributed by atoms with Crippen LogP contribution in [0.2, 0.25) is 0 Å². The number of nitrogens with zero attached hydrogens (tertiary/aromatic N) is 8. The van der Waals surface area contributed by atoms with Crippen molar-refractivity contribution in [3.63, 3.8) is 0 Å². The number of halogens is 15. The van der Waals surface area contributed by atoms with Gasteiger partial charge in [0.05, 0.1) is 0 Å². The quantitative estimate of drug-likeness (QED) is 0.118. The van der Waals surface area contributed by atoms with Crippen molar-refractivity contribution < 1.29 is 74.2 Å². The molecule has 6 heterocycles. The Labute approximate surface area is 361 Å². The molecule has 0 spiro atoms. The van der Waals surface area contributed by atoms with Crippen LogP contribution in [0.5, 0.6) is 0 Å². The topological polar surface area (TPSA) is 110 Å². The van der Waals surface area contributed by atoms with Crippen LogP contribution < -0.4 is 11.0 Å². The normalized spacial score (nSPS) is 16.1. The third-order valence-corrected chi connectivity index (χ3v) is 15.9. The number of rotatable bonds is 7. The SMILES string of the molecule is O=C([O][Ga]1[n]2c3c4ccccc4c2N=C2N=C(N=c4c5ccccc5c([n]41)=NC1=NC(=N3)c3ccccc31)c1ccccc12)C(F)(F)C(F)(F)C(F)(F)C(F)(F)C(F)(F)C(F)(F)C(F)(F)F. The molecule has 4 aliphatic heterocycles. The van der Waals surface area contributed by atoms with Crippen LogP contribution in [-0.2, 0) is 8.32 Å². The van der Waals surface area contributed by atoms with Crippen LogP contribution in [0.3, 0.4) is 0 Å². The van der Waals surface area contributed by atoms with Crippen molar-refractivity contribution >= 4 is 79.6 Å². The molecule has 10 nitrogen and oxygen atoms in total.